The zero-order valence-corrected chi connectivity index (χ0v) is 39.1. The first-order valence-corrected chi connectivity index (χ1v) is 24.0. The second-order valence-electron chi connectivity index (χ2n) is 18.1. The molecule has 2 unspecified atom stereocenters. The lowest BCUT2D eigenvalue weighted by Crippen LogP contribution is -2.21. The van der Waals surface area contributed by atoms with Crippen LogP contribution in [0.2, 0.25) is 0 Å². The van der Waals surface area contributed by atoms with E-state index in [1.165, 1.54) is 22.3 Å². The number of carbonyl (C=O) groups is 1. The number of hydrogen-bond acceptors (Lipinski definition) is 9. The van der Waals surface area contributed by atoms with Crippen LogP contribution in [0.4, 0.5) is 0 Å². The fraction of sp³-hybridized carbons (Fsp3) is 0.322. The van der Waals surface area contributed by atoms with Gasteiger partial charge in [0.1, 0.15) is 5.75 Å². The molecule has 9 heteroatoms. The van der Waals surface area contributed by atoms with Crippen molar-refractivity contribution < 1.29 is 30.0 Å². The van der Waals surface area contributed by atoms with Crippen LogP contribution in [0.1, 0.15) is 120 Å². The topological polar surface area (TPSA) is 174 Å². The van der Waals surface area contributed by atoms with Gasteiger partial charge in [0.25, 0.3) is 0 Å². The normalized spacial score (nSPS) is 14.9. The minimum atomic E-state index is -0.700. The van der Waals surface area contributed by atoms with E-state index in [2.05, 4.69) is 72.3 Å². The zero-order chi connectivity index (χ0) is 47.8. The van der Waals surface area contributed by atoms with Crippen LogP contribution in [0.15, 0.2) is 144 Å². The second kappa shape index (κ2) is 24.4. The first-order chi connectivity index (χ1) is 33.0. The first kappa shape index (κ1) is 49.2. The minimum absolute atomic E-state index is 0.00854. The van der Waals surface area contributed by atoms with Crippen LogP contribution in [0.5, 0.6) is 17.2 Å². The number of nitrogens with zero attached hydrogens (tertiary/aromatic N) is 1. The molecule has 0 aromatic heterocycles. The molecule has 7 rings (SSSR count). The summed E-state index contributed by atoms with van der Waals surface area (Å²) in [6, 6.07) is 33.4. The van der Waals surface area contributed by atoms with Crippen molar-refractivity contribution in [2.45, 2.75) is 102 Å². The van der Waals surface area contributed by atoms with Crippen molar-refractivity contribution in [3.63, 3.8) is 0 Å². The van der Waals surface area contributed by atoms with Gasteiger partial charge in [0.15, 0.2) is 17.3 Å². The standard InChI is InChI=1S/C59H65N3O6/c1-40(15-22-46-35-42(18-23-45(46)30-33-63)17-16-41-10-5-3-6-11-41)9-4-2-7-13-49(64)25-19-43-21-28-56(66)58(37-43)68-34-31-44-20-27-55(65)53(36-44)52-39-57(67)51-29-32-62-54(51)14-8-12-47-38-48(59(60)61)24-26-50(47)52/h3,5-7,10-11,13,18,20-21,23-24,26-29,32,35-38,40,52,59,63,65-67H,2,4,9,14-17,19,22,25,30-31,33-34,39,60-61H2,1H3/p-1. The van der Waals surface area contributed by atoms with E-state index in [1.807, 2.05) is 42.5 Å². The number of benzene rings is 5. The molecule has 7 N–H and O–H groups in total. The Bertz CT molecular complexity index is 2720. The highest BCUT2D eigenvalue weighted by atomic mass is 16.5. The van der Waals surface area contributed by atoms with Gasteiger partial charge in [0.2, 0.25) is 0 Å². The van der Waals surface area contributed by atoms with E-state index in [1.54, 1.807) is 36.6 Å². The number of ether oxygens (including phenoxy) is 1. The van der Waals surface area contributed by atoms with E-state index in [-0.39, 0.29) is 42.7 Å². The van der Waals surface area contributed by atoms with Gasteiger partial charge >= 0.3 is 0 Å². The van der Waals surface area contributed by atoms with Crippen molar-refractivity contribution in [1.82, 2.24) is 0 Å². The van der Waals surface area contributed by atoms with Crippen LogP contribution in [-0.2, 0) is 43.3 Å². The molecule has 0 spiro atoms. The van der Waals surface area contributed by atoms with Crippen molar-refractivity contribution >= 4 is 11.5 Å². The van der Waals surface area contributed by atoms with Crippen molar-refractivity contribution in [1.29, 1.82) is 0 Å². The number of aliphatic hydroxyl groups excluding tert-OH is 1. The predicted molar refractivity (Wildman–Crippen MR) is 269 cm³/mol. The number of ketones is 1. The van der Waals surface area contributed by atoms with Gasteiger partial charge in [-0.1, -0.05) is 110 Å². The number of carbonyl (C=O) groups excluding carboxylic acids is 1. The molecule has 1 aliphatic carbocycles. The van der Waals surface area contributed by atoms with Gasteiger partial charge < -0.3 is 36.6 Å². The molecule has 1 aliphatic heterocycles. The highest BCUT2D eigenvalue weighted by Crippen LogP contribution is 2.39. The summed E-state index contributed by atoms with van der Waals surface area (Å²) >= 11 is 0. The number of aliphatic imine (C=N–C) groups is 1. The van der Waals surface area contributed by atoms with Crippen molar-refractivity contribution in [3.05, 3.63) is 195 Å². The van der Waals surface area contributed by atoms with Gasteiger partial charge in [0.05, 0.1) is 24.9 Å². The number of allylic oxidation sites excluding steroid dienone is 5. The number of fused-ring (bicyclic) bond motifs is 2. The number of unbranched alkanes of at least 4 members (excludes halogenated alkanes) is 1. The second-order valence-corrected chi connectivity index (χ2v) is 18.1. The summed E-state index contributed by atoms with van der Waals surface area (Å²) in [5, 5.41) is 45.3. The number of phenolic OH excluding ortho intramolecular Hbond substituents is 2. The highest BCUT2D eigenvalue weighted by molar-refractivity contribution is 6.06. The van der Waals surface area contributed by atoms with Crippen LogP contribution < -0.4 is 21.3 Å². The summed E-state index contributed by atoms with van der Waals surface area (Å²) in [5.41, 5.74) is 23.0. The fourth-order valence-corrected chi connectivity index (χ4v) is 9.07. The fourth-order valence-electron chi connectivity index (χ4n) is 9.07. The van der Waals surface area contributed by atoms with E-state index < -0.39 is 12.1 Å². The maximum absolute atomic E-state index is 13.8. The molecule has 352 valence electrons. The van der Waals surface area contributed by atoms with Gasteiger partial charge in [-0.15, -0.1) is 5.76 Å². The molecule has 0 saturated heterocycles. The molecule has 0 fully saturated rings. The lowest BCUT2D eigenvalue weighted by Gasteiger charge is -2.27. The number of aliphatic hydroxyl groups is 1. The summed E-state index contributed by atoms with van der Waals surface area (Å²) < 4.78 is 6.09. The molecular formula is C59H64N3O6-. The molecular weight excluding hydrogens is 847 g/mol. The molecule has 0 amide bonds. The lowest BCUT2D eigenvalue weighted by atomic mass is 9.82. The Kier molecular flexibility index (Phi) is 17.6. The van der Waals surface area contributed by atoms with Crippen molar-refractivity contribution in [2.75, 3.05) is 13.2 Å². The Balaban J connectivity index is 0.883. The summed E-state index contributed by atoms with van der Waals surface area (Å²) in [4.78, 5) is 17.2. The monoisotopic (exact) mass is 910 g/mol. The van der Waals surface area contributed by atoms with Crippen LogP contribution in [-0.4, -0.2) is 40.0 Å². The average Bonchev–Trinajstić information content (AvgIpc) is 3.82. The summed E-state index contributed by atoms with van der Waals surface area (Å²) in [5.74, 6) is 6.81. The Morgan fingerprint density at radius 3 is 2.40 bits per heavy atom. The van der Waals surface area contributed by atoms with Gasteiger partial charge in [0, 0.05) is 42.7 Å². The maximum Gasteiger partial charge on any atom is 0.161 e. The summed E-state index contributed by atoms with van der Waals surface area (Å²) in [7, 11) is 0. The smallest absolute Gasteiger partial charge is 0.161 e. The molecule has 0 radical (unpaired) electrons. The number of aryl methyl sites for hydroxylation is 4. The van der Waals surface area contributed by atoms with Gasteiger partial charge in [-0.2, -0.15) is 0 Å². The Labute approximate surface area is 401 Å². The maximum atomic E-state index is 13.8. The lowest BCUT2D eigenvalue weighted by molar-refractivity contribution is -0.307. The Morgan fingerprint density at radius 2 is 1.59 bits per heavy atom. The summed E-state index contributed by atoms with van der Waals surface area (Å²) in [6.07, 6.45) is 15.8. The first-order valence-electron chi connectivity index (χ1n) is 24.0. The molecule has 0 saturated carbocycles. The molecule has 0 bridgehead atoms. The third-order valence-corrected chi connectivity index (χ3v) is 13.1. The molecule has 5 aromatic carbocycles. The largest absolute Gasteiger partial charge is 0.875 e. The van der Waals surface area contributed by atoms with Gasteiger partial charge in [-0.05, 0) is 150 Å². The third-order valence-electron chi connectivity index (χ3n) is 13.1. The number of rotatable bonds is 22. The van der Waals surface area contributed by atoms with Crippen LogP contribution in [0, 0.1) is 17.8 Å². The SMILES string of the molecule is CC(CCCC=CC(=O)CCc1ccc(O)c(OCCc2ccc(O)c(C3CC([O-])=C4C=CN=C4CC#Cc4cc(C(N)N)ccc43)c2)c1)CCc1cc(CCc2ccccc2)ccc1CCO. The Morgan fingerprint density at radius 1 is 0.824 bits per heavy atom. The molecule has 9 nitrogen and oxygen atoms in total. The van der Waals surface area contributed by atoms with E-state index in [0.29, 0.717) is 71.7 Å². The van der Waals surface area contributed by atoms with E-state index in [0.717, 1.165) is 61.6 Å². The van der Waals surface area contributed by atoms with Crippen LogP contribution in [0.25, 0.3) is 0 Å². The molecule has 2 atom stereocenters. The zero-order valence-electron chi connectivity index (χ0n) is 39.1. The number of phenols is 2. The van der Waals surface area contributed by atoms with Crippen molar-refractivity contribution in [3.8, 4) is 29.1 Å². The van der Waals surface area contributed by atoms with Crippen LogP contribution in [0.3, 0.4) is 0 Å². The van der Waals surface area contributed by atoms with E-state index in [9.17, 15) is 25.2 Å². The third kappa shape index (κ3) is 13.7. The van der Waals surface area contributed by atoms with Crippen LogP contribution >= 0.6 is 0 Å². The molecule has 5 aromatic rings. The Hall–Kier alpha value is -6.70. The minimum Gasteiger partial charge on any atom is -0.875 e. The average molecular weight is 911 g/mol. The van der Waals surface area contributed by atoms with E-state index in [4.69, 9.17) is 16.2 Å². The number of hydrogen-bond donors (Lipinski definition) is 5. The van der Waals surface area contributed by atoms with Gasteiger partial charge in [-0.25, -0.2) is 0 Å². The number of nitrogens with two attached hydrogens (primary N) is 2. The van der Waals surface area contributed by atoms with E-state index >= 15 is 0 Å². The summed E-state index contributed by atoms with van der Waals surface area (Å²) in [6.45, 7) is 2.69. The molecule has 2 aliphatic rings. The quantitative estimate of drug-likeness (QED) is 0.0198. The van der Waals surface area contributed by atoms with Crippen molar-refractivity contribution in [2.24, 2.45) is 22.4 Å². The highest BCUT2D eigenvalue weighted by Gasteiger charge is 2.24. The predicted octanol–water partition coefficient (Wildman–Crippen LogP) is 9.31. The molecule has 68 heavy (non-hydrogen) atoms. The van der Waals surface area contributed by atoms with Gasteiger partial charge in [-0.3, -0.25) is 9.79 Å². The number of aromatic hydroxyl groups is 2. The molecule has 1 heterocycles.